The first kappa shape index (κ1) is 18.7. The van der Waals surface area contributed by atoms with Crippen LogP contribution in [0.2, 0.25) is 0 Å². The molecule has 0 aliphatic heterocycles. The van der Waals surface area contributed by atoms with E-state index in [1.807, 2.05) is 66.7 Å². The molecule has 0 aromatic heterocycles. The van der Waals surface area contributed by atoms with Crippen LogP contribution in [0.4, 0.5) is 0 Å². The molecule has 5 heteroatoms. The van der Waals surface area contributed by atoms with Gasteiger partial charge in [0, 0.05) is 21.8 Å². The number of amides is 1. The number of nitrogens with zero attached hydrogens (tertiary/aromatic N) is 1. The standard InChI is InChI=1S/C22H20N2O2S/c1-26-21-10-6-5-7-19(21)15-23-24-22(25)18-13-11-17(12-14-18)16-27-20-8-3-2-4-9-20/h2-15H,16H2,1H3,(H,24,25)/b23-15-. The van der Waals surface area contributed by atoms with Crippen molar-refractivity contribution >= 4 is 23.9 Å². The van der Waals surface area contributed by atoms with E-state index >= 15 is 0 Å². The lowest BCUT2D eigenvalue weighted by atomic mass is 10.1. The first-order chi connectivity index (χ1) is 13.3. The Kier molecular flexibility index (Phi) is 6.66. The fourth-order valence-electron chi connectivity index (χ4n) is 2.43. The fourth-order valence-corrected chi connectivity index (χ4v) is 3.31. The minimum atomic E-state index is -0.247. The first-order valence-corrected chi connectivity index (χ1v) is 9.48. The number of rotatable bonds is 7. The summed E-state index contributed by atoms with van der Waals surface area (Å²) in [6, 6.07) is 25.3. The van der Waals surface area contributed by atoms with E-state index in [-0.39, 0.29) is 5.91 Å². The average molecular weight is 376 g/mol. The van der Waals surface area contributed by atoms with Crippen LogP contribution in [0, 0.1) is 0 Å². The zero-order chi connectivity index (χ0) is 18.9. The van der Waals surface area contributed by atoms with Gasteiger partial charge in [0.1, 0.15) is 5.75 Å². The molecular formula is C22H20N2O2S. The molecule has 0 bridgehead atoms. The molecule has 1 N–H and O–H groups in total. The van der Waals surface area contributed by atoms with Crippen molar-refractivity contribution < 1.29 is 9.53 Å². The normalized spacial score (nSPS) is 10.7. The summed E-state index contributed by atoms with van der Waals surface area (Å²) in [5.74, 6) is 1.32. The first-order valence-electron chi connectivity index (χ1n) is 8.49. The predicted octanol–water partition coefficient (Wildman–Crippen LogP) is 4.75. The van der Waals surface area contributed by atoms with Crippen LogP contribution in [-0.4, -0.2) is 19.2 Å². The summed E-state index contributed by atoms with van der Waals surface area (Å²) in [7, 11) is 1.60. The number of nitrogens with one attached hydrogen (secondary N) is 1. The summed E-state index contributed by atoms with van der Waals surface area (Å²) in [6.07, 6.45) is 1.57. The maximum atomic E-state index is 12.2. The highest BCUT2D eigenvalue weighted by atomic mass is 32.2. The number of benzene rings is 3. The van der Waals surface area contributed by atoms with Gasteiger partial charge in [0.15, 0.2) is 0 Å². The molecule has 0 aliphatic carbocycles. The molecule has 3 aromatic rings. The van der Waals surface area contributed by atoms with E-state index in [1.54, 1.807) is 25.1 Å². The SMILES string of the molecule is COc1ccccc1/C=N\NC(=O)c1ccc(CSc2ccccc2)cc1. The van der Waals surface area contributed by atoms with Gasteiger partial charge >= 0.3 is 0 Å². The Labute approximate surface area is 163 Å². The van der Waals surface area contributed by atoms with Crippen LogP contribution in [0.15, 0.2) is 88.9 Å². The topological polar surface area (TPSA) is 50.7 Å². The minimum Gasteiger partial charge on any atom is -0.496 e. The summed E-state index contributed by atoms with van der Waals surface area (Å²) in [5.41, 5.74) is 5.08. The van der Waals surface area contributed by atoms with Gasteiger partial charge in [-0.2, -0.15) is 5.10 Å². The lowest BCUT2D eigenvalue weighted by Crippen LogP contribution is -2.17. The molecule has 0 radical (unpaired) electrons. The van der Waals surface area contributed by atoms with Crippen LogP contribution in [0.25, 0.3) is 0 Å². The number of carbonyl (C=O) groups is 1. The number of carbonyl (C=O) groups excluding carboxylic acids is 1. The maximum absolute atomic E-state index is 12.2. The number of methoxy groups -OCH3 is 1. The van der Waals surface area contributed by atoms with Crippen LogP contribution in [-0.2, 0) is 5.75 Å². The number of para-hydroxylation sites is 1. The molecule has 3 rings (SSSR count). The van der Waals surface area contributed by atoms with Crippen molar-refractivity contribution in [1.82, 2.24) is 5.43 Å². The summed E-state index contributed by atoms with van der Waals surface area (Å²) in [5, 5.41) is 4.02. The summed E-state index contributed by atoms with van der Waals surface area (Å²) in [6.45, 7) is 0. The zero-order valence-corrected chi connectivity index (χ0v) is 15.8. The van der Waals surface area contributed by atoms with Crippen molar-refractivity contribution in [2.75, 3.05) is 7.11 Å². The van der Waals surface area contributed by atoms with Crippen molar-refractivity contribution in [3.05, 3.63) is 95.6 Å². The maximum Gasteiger partial charge on any atom is 0.271 e. The van der Waals surface area contributed by atoms with Crippen LogP contribution in [0.1, 0.15) is 21.5 Å². The Morgan fingerprint density at radius 1 is 1.00 bits per heavy atom. The molecule has 0 heterocycles. The van der Waals surface area contributed by atoms with Crippen molar-refractivity contribution in [2.45, 2.75) is 10.6 Å². The lowest BCUT2D eigenvalue weighted by molar-refractivity contribution is 0.0955. The highest BCUT2D eigenvalue weighted by Crippen LogP contribution is 2.22. The van der Waals surface area contributed by atoms with Gasteiger partial charge in [0.25, 0.3) is 5.91 Å². The Morgan fingerprint density at radius 3 is 2.44 bits per heavy atom. The quantitative estimate of drug-likeness (QED) is 0.368. The third-order valence-electron chi connectivity index (χ3n) is 3.87. The number of hydrazone groups is 1. The second kappa shape index (κ2) is 9.59. The molecule has 0 saturated heterocycles. The third-order valence-corrected chi connectivity index (χ3v) is 4.96. The highest BCUT2D eigenvalue weighted by molar-refractivity contribution is 7.98. The number of thioether (sulfide) groups is 1. The molecule has 0 saturated carbocycles. The van der Waals surface area contributed by atoms with Crippen LogP contribution < -0.4 is 10.2 Å². The molecule has 1 amide bonds. The van der Waals surface area contributed by atoms with Gasteiger partial charge in [-0.25, -0.2) is 5.43 Å². The van der Waals surface area contributed by atoms with Gasteiger partial charge in [0.2, 0.25) is 0 Å². The van der Waals surface area contributed by atoms with Crippen molar-refractivity contribution in [2.24, 2.45) is 5.10 Å². The summed E-state index contributed by atoms with van der Waals surface area (Å²) < 4.78 is 5.25. The minimum absolute atomic E-state index is 0.247. The molecule has 136 valence electrons. The van der Waals surface area contributed by atoms with Gasteiger partial charge in [-0.15, -0.1) is 11.8 Å². The highest BCUT2D eigenvalue weighted by Gasteiger charge is 2.05. The van der Waals surface area contributed by atoms with Gasteiger partial charge < -0.3 is 4.74 Å². The Bertz CT molecular complexity index is 909. The van der Waals surface area contributed by atoms with Crippen molar-refractivity contribution in [3.63, 3.8) is 0 Å². The number of hydrogen-bond donors (Lipinski definition) is 1. The molecule has 3 aromatic carbocycles. The molecular weight excluding hydrogens is 356 g/mol. The van der Waals surface area contributed by atoms with Crippen LogP contribution in [0.5, 0.6) is 5.75 Å². The molecule has 0 spiro atoms. The Hall–Kier alpha value is -3.05. The van der Waals surface area contributed by atoms with Gasteiger partial charge in [-0.05, 0) is 42.0 Å². The fraction of sp³-hybridized carbons (Fsp3) is 0.0909. The third kappa shape index (κ3) is 5.46. The van der Waals surface area contributed by atoms with E-state index in [0.29, 0.717) is 11.3 Å². The van der Waals surface area contributed by atoms with E-state index in [2.05, 4.69) is 22.7 Å². The van der Waals surface area contributed by atoms with Gasteiger partial charge in [-0.3, -0.25) is 4.79 Å². The molecule has 4 nitrogen and oxygen atoms in total. The average Bonchev–Trinajstić information content (AvgIpc) is 2.73. The number of ether oxygens (including phenoxy) is 1. The second-order valence-corrected chi connectivity index (χ2v) is 6.79. The van der Waals surface area contributed by atoms with E-state index in [1.165, 1.54) is 4.90 Å². The van der Waals surface area contributed by atoms with Crippen molar-refractivity contribution in [1.29, 1.82) is 0 Å². The Balaban J connectivity index is 1.55. The molecule has 27 heavy (non-hydrogen) atoms. The zero-order valence-electron chi connectivity index (χ0n) is 15.0. The molecule has 0 aliphatic rings. The van der Waals surface area contributed by atoms with Crippen LogP contribution >= 0.6 is 11.8 Å². The van der Waals surface area contributed by atoms with E-state index in [0.717, 1.165) is 16.9 Å². The van der Waals surface area contributed by atoms with E-state index in [9.17, 15) is 4.79 Å². The van der Waals surface area contributed by atoms with E-state index < -0.39 is 0 Å². The largest absolute Gasteiger partial charge is 0.496 e. The monoisotopic (exact) mass is 376 g/mol. The smallest absolute Gasteiger partial charge is 0.271 e. The molecule has 0 unspecified atom stereocenters. The lowest BCUT2D eigenvalue weighted by Gasteiger charge is -2.05. The summed E-state index contributed by atoms with van der Waals surface area (Å²) >= 11 is 1.77. The van der Waals surface area contributed by atoms with Crippen LogP contribution in [0.3, 0.4) is 0 Å². The Morgan fingerprint density at radius 2 is 1.70 bits per heavy atom. The number of hydrogen-bond acceptors (Lipinski definition) is 4. The summed E-state index contributed by atoms with van der Waals surface area (Å²) in [4.78, 5) is 13.4. The second-order valence-electron chi connectivity index (χ2n) is 5.74. The predicted molar refractivity (Wildman–Crippen MR) is 110 cm³/mol. The molecule has 0 atom stereocenters. The van der Waals surface area contributed by atoms with Gasteiger partial charge in [-0.1, -0.05) is 42.5 Å². The van der Waals surface area contributed by atoms with Gasteiger partial charge in [0.05, 0.1) is 13.3 Å². The van der Waals surface area contributed by atoms with Crippen molar-refractivity contribution in [3.8, 4) is 5.75 Å². The molecule has 0 fully saturated rings. The van der Waals surface area contributed by atoms with E-state index in [4.69, 9.17) is 4.74 Å².